The molecule has 26 heavy (non-hydrogen) atoms. The van der Waals surface area contributed by atoms with Gasteiger partial charge in [0.15, 0.2) is 17.6 Å². The van der Waals surface area contributed by atoms with E-state index in [1.54, 1.807) is 7.05 Å². The molecule has 1 atom stereocenters. The summed E-state index contributed by atoms with van der Waals surface area (Å²) in [6.45, 7) is 1.39. The number of ether oxygens (including phenoxy) is 2. The molecule has 0 amide bonds. The van der Waals surface area contributed by atoms with Crippen molar-refractivity contribution in [3.05, 3.63) is 59.7 Å². The topological polar surface area (TPSA) is 54.9 Å². The Morgan fingerprint density at radius 1 is 1.23 bits per heavy atom. The number of hydrogen-bond donors (Lipinski definition) is 2. The van der Waals surface area contributed by atoms with Crippen LogP contribution in [0.2, 0.25) is 0 Å². The molecule has 3 rings (SSSR count). The van der Waals surface area contributed by atoms with E-state index in [1.807, 2.05) is 24.3 Å². The maximum atomic E-state index is 13.1. The van der Waals surface area contributed by atoms with E-state index in [2.05, 4.69) is 15.6 Å². The number of nitrogens with zero attached hydrogens (tertiary/aromatic N) is 1. The second-order valence-corrected chi connectivity index (χ2v) is 5.80. The molecular weight excluding hydrogens is 340 g/mol. The molecule has 0 bridgehead atoms. The highest BCUT2D eigenvalue weighted by molar-refractivity contribution is 5.80. The number of rotatable bonds is 5. The van der Waals surface area contributed by atoms with Crippen LogP contribution in [-0.4, -0.2) is 32.8 Å². The minimum absolute atomic E-state index is 0.110. The van der Waals surface area contributed by atoms with E-state index in [1.165, 1.54) is 6.07 Å². The van der Waals surface area contributed by atoms with Crippen molar-refractivity contribution in [3.8, 4) is 11.5 Å². The molecule has 2 aromatic rings. The SMILES string of the molecule is CN=C(NCCOc1ccc(F)c(F)c1)NC1CCOc2ccccc21. The zero-order valence-corrected chi connectivity index (χ0v) is 14.5. The summed E-state index contributed by atoms with van der Waals surface area (Å²) >= 11 is 0. The number of fused-ring (bicyclic) bond motifs is 1. The zero-order valence-electron chi connectivity index (χ0n) is 14.5. The first-order valence-electron chi connectivity index (χ1n) is 8.44. The highest BCUT2D eigenvalue weighted by atomic mass is 19.2. The van der Waals surface area contributed by atoms with Crippen LogP contribution in [0.5, 0.6) is 11.5 Å². The largest absolute Gasteiger partial charge is 0.493 e. The van der Waals surface area contributed by atoms with Crippen molar-refractivity contribution in [1.82, 2.24) is 10.6 Å². The second-order valence-electron chi connectivity index (χ2n) is 5.80. The lowest BCUT2D eigenvalue weighted by Crippen LogP contribution is -2.42. The number of guanidine groups is 1. The molecule has 1 aliphatic heterocycles. The van der Waals surface area contributed by atoms with Gasteiger partial charge < -0.3 is 20.1 Å². The van der Waals surface area contributed by atoms with Gasteiger partial charge in [0.05, 0.1) is 19.2 Å². The fourth-order valence-corrected chi connectivity index (χ4v) is 2.76. The Morgan fingerprint density at radius 2 is 2.08 bits per heavy atom. The molecule has 0 saturated carbocycles. The molecule has 0 spiro atoms. The highest BCUT2D eigenvalue weighted by Crippen LogP contribution is 2.31. The molecule has 0 aromatic heterocycles. The van der Waals surface area contributed by atoms with Gasteiger partial charge in [0.25, 0.3) is 0 Å². The van der Waals surface area contributed by atoms with E-state index < -0.39 is 11.6 Å². The summed E-state index contributed by atoms with van der Waals surface area (Å²) in [4.78, 5) is 4.21. The number of para-hydroxylation sites is 1. The van der Waals surface area contributed by atoms with Crippen LogP contribution in [0.25, 0.3) is 0 Å². The molecule has 5 nitrogen and oxygen atoms in total. The average molecular weight is 361 g/mol. The van der Waals surface area contributed by atoms with Crippen LogP contribution in [-0.2, 0) is 0 Å². The fraction of sp³-hybridized carbons (Fsp3) is 0.316. The van der Waals surface area contributed by atoms with Gasteiger partial charge in [-0.2, -0.15) is 0 Å². The van der Waals surface area contributed by atoms with Crippen LogP contribution >= 0.6 is 0 Å². The number of benzene rings is 2. The lowest BCUT2D eigenvalue weighted by atomic mass is 10.0. The number of nitrogens with one attached hydrogen (secondary N) is 2. The molecule has 1 unspecified atom stereocenters. The summed E-state index contributed by atoms with van der Waals surface area (Å²) in [7, 11) is 1.69. The van der Waals surface area contributed by atoms with Crippen LogP contribution < -0.4 is 20.1 Å². The van der Waals surface area contributed by atoms with Gasteiger partial charge in [-0.15, -0.1) is 0 Å². The Morgan fingerprint density at radius 3 is 2.88 bits per heavy atom. The lowest BCUT2D eigenvalue weighted by molar-refractivity contribution is 0.261. The average Bonchev–Trinajstić information content (AvgIpc) is 2.67. The molecule has 1 heterocycles. The van der Waals surface area contributed by atoms with Gasteiger partial charge in [0, 0.05) is 25.1 Å². The van der Waals surface area contributed by atoms with Crippen molar-refractivity contribution in [2.45, 2.75) is 12.5 Å². The smallest absolute Gasteiger partial charge is 0.191 e. The summed E-state index contributed by atoms with van der Waals surface area (Å²) in [5, 5.41) is 6.52. The van der Waals surface area contributed by atoms with Crippen LogP contribution in [0, 0.1) is 11.6 Å². The molecule has 0 aliphatic carbocycles. The summed E-state index contributed by atoms with van der Waals surface area (Å²) < 4.78 is 37.1. The van der Waals surface area contributed by atoms with Crippen molar-refractivity contribution < 1.29 is 18.3 Å². The maximum absolute atomic E-state index is 13.1. The van der Waals surface area contributed by atoms with E-state index >= 15 is 0 Å². The van der Waals surface area contributed by atoms with Gasteiger partial charge in [-0.05, 0) is 18.2 Å². The number of aliphatic imine (C=N–C) groups is 1. The van der Waals surface area contributed by atoms with Gasteiger partial charge in [-0.25, -0.2) is 8.78 Å². The van der Waals surface area contributed by atoms with Crippen molar-refractivity contribution >= 4 is 5.96 Å². The van der Waals surface area contributed by atoms with Crippen molar-refractivity contribution in [1.29, 1.82) is 0 Å². The molecular formula is C19H21F2N3O2. The summed E-state index contributed by atoms with van der Waals surface area (Å²) in [5.41, 5.74) is 1.10. The minimum Gasteiger partial charge on any atom is -0.493 e. The number of halogens is 2. The summed E-state index contributed by atoms with van der Waals surface area (Å²) in [6.07, 6.45) is 0.836. The monoisotopic (exact) mass is 361 g/mol. The molecule has 0 radical (unpaired) electrons. The van der Waals surface area contributed by atoms with E-state index in [-0.39, 0.29) is 18.4 Å². The van der Waals surface area contributed by atoms with Crippen molar-refractivity contribution in [3.63, 3.8) is 0 Å². The van der Waals surface area contributed by atoms with Crippen LogP contribution in [0.3, 0.4) is 0 Å². The molecule has 7 heteroatoms. The first kappa shape index (κ1) is 18.0. The molecule has 2 aromatic carbocycles. The predicted molar refractivity (Wildman–Crippen MR) is 95.6 cm³/mol. The first-order chi connectivity index (χ1) is 12.7. The van der Waals surface area contributed by atoms with Crippen LogP contribution in [0.1, 0.15) is 18.0 Å². The van der Waals surface area contributed by atoms with E-state index in [9.17, 15) is 8.78 Å². The Balaban J connectivity index is 1.49. The quantitative estimate of drug-likeness (QED) is 0.488. The zero-order chi connectivity index (χ0) is 18.4. The van der Waals surface area contributed by atoms with Gasteiger partial charge in [-0.3, -0.25) is 4.99 Å². The normalized spacial score (nSPS) is 16.4. The Bertz CT molecular complexity index is 783. The summed E-state index contributed by atoms with van der Waals surface area (Å²) in [5.74, 6) is -0.0103. The van der Waals surface area contributed by atoms with Gasteiger partial charge in [-0.1, -0.05) is 18.2 Å². The molecule has 1 aliphatic rings. The van der Waals surface area contributed by atoms with E-state index in [0.29, 0.717) is 19.1 Å². The van der Waals surface area contributed by atoms with Gasteiger partial charge >= 0.3 is 0 Å². The van der Waals surface area contributed by atoms with Gasteiger partial charge in [0.2, 0.25) is 0 Å². The van der Waals surface area contributed by atoms with E-state index in [4.69, 9.17) is 9.47 Å². The maximum Gasteiger partial charge on any atom is 0.191 e. The minimum atomic E-state index is -0.925. The molecule has 0 saturated heterocycles. The van der Waals surface area contributed by atoms with Gasteiger partial charge in [0.1, 0.15) is 18.1 Å². The highest BCUT2D eigenvalue weighted by Gasteiger charge is 2.21. The lowest BCUT2D eigenvalue weighted by Gasteiger charge is -2.28. The summed E-state index contributed by atoms with van der Waals surface area (Å²) in [6, 6.07) is 11.5. The Hall–Kier alpha value is -2.83. The molecule has 138 valence electrons. The standard InChI is InChI=1S/C19H21F2N3O2/c1-22-19(23-9-11-25-13-6-7-15(20)16(21)12-13)24-17-8-10-26-18-5-3-2-4-14(17)18/h2-7,12,17H,8-11H2,1H3,(H2,22,23,24). The second kappa shape index (κ2) is 8.51. The first-order valence-corrected chi connectivity index (χ1v) is 8.44. The third-order valence-electron chi connectivity index (χ3n) is 4.05. The van der Waals surface area contributed by atoms with Crippen molar-refractivity contribution in [2.24, 2.45) is 4.99 Å². The third kappa shape index (κ3) is 4.41. The number of hydrogen-bond acceptors (Lipinski definition) is 3. The Kier molecular flexibility index (Phi) is 5.88. The molecule has 0 fully saturated rings. The van der Waals surface area contributed by atoms with Crippen molar-refractivity contribution in [2.75, 3.05) is 26.8 Å². The molecule has 2 N–H and O–H groups in total. The van der Waals surface area contributed by atoms with E-state index in [0.717, 1.165) is 29.9 Å². The van der Waals surface area contributed by atoms with Crippen LogP contribution in [0.4, 0.5) is 8.78 Å². The van der Waals surface area contributed by atoms with Crippen LogP contribution in [0.15, 0.2) is 47.5 Å². The third-order valence-corrected chi connectivity index (χ3v) is 4.05. The fourth-order valence-electron chi connectivity index (χ4n) is 2.76. The predicted octanol–water partition coefficient (Wildman–Crippen LogP) is 3.03. The Labute approximate surface area is 151 Å².